The van der Waals surface area contributed by atoms with Crippen LogP contribution in [0.2, 0.25) is 0 Å². The standard InChI is InChI=1S/C24H28F3N3O/c1-13(17-5-3-4-6-18(17)19-12-14-7-8-15(19)11-14)30(16-9-10-16)24(31)20-21(22(25)26)28-29(2)23(20)27/h3-6,13-16,19,22H,7-12H2,1-2H3. The first kappa shape index (κ1) is 20.6. The molecule has 2 bridgehead atoms. The van der Waals surface area contributed by atoms with Crippen molar-refractivity contribution in [2.45, 2.75) is 69.9 Å². The summed E-state index contributed by atoms with van der Waals surface area (Å²) in [5.41, 5.74) is 0.961. The normalized spacial score (nSPS) is 25.9. The second kappa shape index (κ2) is 7.68. The molecular formula is C24H28F3N3O. The monoisotopic (exact) mass is 431 g/mol. The third-order valence-electron chi connectivity index (χ3n) is 7.60. The molecule has 3 saturated carbocycles. The first-order valence-electron chi connectivity index (χ1n) is 11.3. The maximum absolute atomic E-state index is 14.7. The molecule has 4 nitrogen and oxygen atoms in total. The molecule has 4 unspecified atom stereocenters. The summed E-state index contributed by atoms with van der Waals surface area (Å²) in [4.78, 5) is 15.1. The first-order valence-corrected chi connectivity index (χ1v) is 11.3. The Kier molecular flexibility index (Phi) is 5.10. The molecular weight excluding hydrogens is 403 g/mol. The number of aromatic nitrogens is 2. The smallest absolute Gasteiger partial charge is 0.283 e. The van der Waals surface area contributed by atoms with Crippen molar-refractivity contribution in [3.63, 3.8) is 0 Å². The molecule has 5 rings (SSSR count). The molecule has 166 valence electrons. The summed E-state index contributed by atoms with van der Waals surface area (Å²) in [6.07, 6.45) is 3.61. The lowest BCUT2D eigenvalue weighted by atomic mass is 9.80. The summed E-state index contributed by atoms with van der Waals surface area (Å²) >= 11 is 0. The van der Waals surface area contributed by atoms with Gasteiger partial charge >= 0.3 is 0 Å². The highest BCUT2D eigenvalue weighted by atomic mass is 19.3. The number of hydrogen-bond acceptors (Lipinski definition) is 2. The lowest BCUT2D eigenvalue weighted by molar-refractivity contribution is 0.0655. The number of aryl methyl sites for hydroxylation is 1. The van der Waals surface area contributed by atoms with Crippen LogP contribution in [0.15, 0.2) is 24.3 Å². The molecule has 2 aromatic rings. The number of alkyl halides is 2. The van der Waals surface area contributed by atoms with Gasteiger partial charge in [-0.3, -0.25) is 4.79 Å². The van der Waals surface area contributed by atoms with E-state index in [0.29, 0.717) is 11.8 Å². The second-order valence-electron chi connectivity index (χ2n) is 9.51. The van der Waals surface area contributed by atoms with Crippen LogP contribution < -0.4 is 0 Å². The Bertz CT molecular complexity index is 1000. The van der Waals surface area contributed by atoms with Gasteiger partial charge in [0, 0.05) is 13.1 Å². The molecule has 1 aromatic carbocycles. The Hall–Kier alpha value is -2.31. The Morgan fingerprint density at radius 2 is 1.90 bits per heavy atom. The third-order valence-corrected chi connectivity index (χ3v) is 7.60. The minimum absolute atomic E-state index is 0.0549. The first-order chi connectivity index (χ1) is 14.9. The molecule has 1 aromatic heterocycles. The summed E-state index contributed by atoms with van der Waals surface area (Å²) < 4.78 is 42.5. The van der Waals surface area contributed by atoms with Crippen molar-refractivity contribution in [1.82, 2.24) is 14.7 Å². The summed E-state index contributed by atoms with van der Waals surface area (Å²) in [5.74, 6) is 0.278. The number of benzene rings is 1. The van der Waals surface area contributed by atoms with Crippen LogP contribution in [0.3, 0.4) is 0 Å². The zero-order valence-corrected chi connectivity index (χ0v) is 17.9. The number of hydrogen-bond donors (Lipinski definition) is 0. The van der Waals surface area contributed by atoms with Crippen LogP contribution in [0.25, 0.3) is 0 Å². The van der Waals surface area contributed by atoms with Crippen molar-refractivity contribution >= 4 is 5.91 Å². The van der Waals surface area contributed by atoms with Crippen molar-refractivity contribution in [2.75, 3.05) is 0 Å². The largest absolute Gasteiger partial charge is 0.329 e. The zero-order valence-electron chi connectivity index (χ0n) is 17.9. The maximum Gasteiger partial charge on any atom is 0.283 e. The summed E-state index contributed by atoms with van der Waals surface area (Å²) in [6, 6.07) is 7.83. The van der Waals surface area contributed by atoms with Crippen molar-refractivity contribution in [3.05, 3.63) is 52.6 Å². The minimum Gasteiger partial charge on any atom is -0.329 e. The number of carbonyl (C=O) groups is 1. The van der Waals surface area contributed by atoms with Gasteiger partial charge in [-0.05, 0) is 67.9 Å². The summed E-state index contributed by atoms with van der Waals surface area (Å²) in [6.45, 7) is 1.94. The highest BCUT2D eigenvalue weighted by molar-refractivity contribution is 5.96. The average molecular weight is 432 g/mol. The van der Waals surface area contributed by atoms with Crippen molar-refractivity contribution in [3.8, 4) is 0 Å². The van der Waals surface area contributed by atoms with E-state index in [9.17, 15) is 18.0 Å². The fraction of sp³-hybridized carbons (Fsp3) is 0.583. The van der Waals surface area contributed by atoms with E-state index < -0.39 is 29.5 Å². The molecule has 1 heterocycles. The molecule has 0 saturated heterocycles. The number of amides is 1. The molecule has 1 amide bonds. The number of halogens is 3. The molecule has 31 heavy (non-hydrogen) atoms. The molecule has 0 N–H and O–H groups in total. The Morgan fingerprint density at radius 3 is 2.52 bits per heavy atom. The second-order valence-corrected chi connectivity index (χ2v) is 9.51. The lowest BCUT2D eigenvalue weighted by Gasteiger charge is -2.33. The molecule has 0 aliphatic heterocycles. The highest BCUT2D eigenvalue weighted by Crippen LogP contribution is 2.54. The molecule has 0 spiro atoms. The summed E-state index contributed by atoms with van der Waals surface area (Å²) in [7, 11) is 1.24. The topological polar surface area (TPSA) is 38.1 Å². The Balaban J connectivity index is 1.51. The van der Waals surface area contributed by atoms with E-state index >= 15 is 0 Å². The van der Waals surface area contributed by atoms with Gasteiger partial charge in [0.05, 0.1) is 6.04 Å². The van der Waals surface area contributed by atoms with E-state index in [4.69, 9.17) is 0 Å². The average Bonchev–Trinajstić information content (AvgIpc) is 3.22. The Labute approximate surface area is 180 Å². The van der Waals surface area contributed by atoms with Gasteiger partial charge in [0.2, 0.25) is 5.95 Å². The van der Waals surface area contributed by atoms with Crippen LogP contribution in [0.1, 0.15) is 91.0 Å². The van der Waals surface area contributed by atoms with Gasteiger partial charge in [-0.25, -0.2) is 13.5 Å². The van der Waals surface area contributed by atoms with Gasteiger partial charge in [0.1, 0.15) is 11.3 Å². The van der Waals surface area contributed by atoms with Gasteiger partial charge < -0.3 is 4.90 Å². The van der Waals surface area contributed by atoms with Crippen LogP contribution in [0, 0.1) is 17.8 Å². The lowest BCUT2D eigenvalue weighted by Crippen LogP contribution is -2.37. The molecule has 0 radical (unpaired) electrons. The predicted octanol–water partition coefficient (Wildman–Crippen LogP) is 5.77. The third kappa shape index (κ3) is 3.46. The summed E-state index contributed by atoms with van der Waals surface area (Å²) in [5, 5.41) is 3.58. The fourth-order valence-corrected chi connectivity index (χ4v) is 6.02. The van der Waals surface area contributed by atoms with Crippen LogP contribution in [-0.4, -0.2) is 26.6 Å². The molecule has 3 aliphatic rings. The van der Waals surface area contributed by atoms with Crippen LogP contribution in [-0.2, 0) is 7.05 Å². The van der Waals surface area contributed by atoms with E-state index in [-0.39, 0.29) is 12.1 Å². The van der Waals surface area contributed by atoms with E-state index in [1.54, 1.807) is 4.90 Å². The SMILES string of the molecule is CC(c1ccccc1C1CC2CCC1C2)N(C(=O)c1c(C(F)F)nn(C)c1F)C1CC1. The molecule has 7 heteroatoms. The minimum atomic E-state index is -3.01. The van der Waals surface area contributed by atoms with E-state index in [1.165, 1.54) is 38.3 Å². The fourth-order valence-electron chi connectivity index (χ4n) is 6.02. The van der Waals surface area contributed by atoms with Gasteiger partial charge in [0.15, 0.2) is 0 Å². The molecule has 3 fully saturated rings. The van der Waals surface area contributed by atoms with E-state index in [2.05, 4.69) is 11.2 Å². The van der Waals surface area contributed by atoms with Crippen molar-refractivity contribution in [2.24, 2.45) is 18.9 Å². The van der Waals surface area contributed by atoms with E-state index in [0.717, 1.165) is 29.0 Å². The van der Waals surface area contributed by atoms with Crippen LogP contribution in [0.5, 0.6) is 0 Å². The van der Waals surface area contributed by atoms with Gasteiger partial charge in [-0.15, -0.1) is 0 Å². The zero-order chi connectivity index (χ0) is 21.9. The number of rotatable bonds is 6. The molecule has 4 atom stereocenters. The number of fused-ring (bicyclic) bond motifs is 2. The maximum atomic E-state index is 14.7. The number of nitrogens with zero attached hydrogens (tertiary/aromatic N) is 3. The van der Waals surface area contributed by atoms with Gasteiger partial charge in [0.25, 0.3) is 12.3 Å². The van der Waals surface area contributed by atoms with Crippen LogP contribution in [0.4, 0.5) is 13.2 Å². The van der Waals surface area contributed by atoms with Crippen molar-refractivity contribution in [1.29, 1.82) is 0 Å². The van der Waals surface area contributed by atoms with Gasteiger partial charge in [-0.1, -0.05) is 30.7 Å². The van der Waals surface area contributed by atoms with E-state index in [1.807, 2.05) is 25.1 Å². The Morgan fingerprint density at radius 1 is 1.16 bits per heavy atom. The van der Waals surface area contributed by atoms with Gasteiger partial charge in [-0.2, -0.15) is 9.49 Å². The predicted molar refractivity (Wildman–Crippen MR) is 110 cm³/mol. The number of carbonyl (C=O) groups excluding carboxylic acids is 1. The quantitative estimate of drug-likeness (QED) is 0.583. The van der Waals surface area contributed by atoms with Crippen molar-refractivity contribution < 1.29 is 18.0 Å². The highest BCUT2D eigenvalue weighted by Gasteiger charge is 2.44. The van der Waals surface area contributed by atoms with Crippen LogP contribution >= 0.6 is 0 Å². The molecule has 3 aliphatic carbocycles.